The predicted octanol–water partition coefficient (Wildman–Crippen LogP) is 10.6. The van der Waals surface area contributed by atoms with Gasteiger partial charge in [0.2, 0.25) is 0 Å². The Labute approximate surface area is 295 Å². The fourth-order valence-corrected chi connectivity index (χ4v) is 11.9. The van der Waals surface area contributed by atoms with Gasteiger partial charge in [0.05, 0.1) is 6.42 Å². The van der Waals surface area contributed by atoms with Crippen molar-refractivity contribution < 1.29 is 19.2 Å². The summed E-state index contributed by atoms with van der Waals surface area (Å²) in [6.07, 6.45) is 9.19. The topological polar surface area (TPSA) is 68.3 Å². The Morgan fingerprint density at radius 1 is 0.612 bits per heavy atom. The van der Waals surface area contributed by atoms with E-state index in [-0.39, 0.29) is 64.1 Å². The minimum Gasteiger partial charge on any atom is -0.299 e. The van der Waals surface area contributed by atoms with E-state index >= 15 is 0 Å². The molecule has 0 bridgehead atoms. The van der Waals surface area contributed by atoms with Crippen molar-refractivity contribution in [1.82, 2.24) is 0 Å². The Balaban J connectivity index is 1.30. The third kappa shape index (κ3) is 5.53. The maximum absolute atomic E-state index is 14.7. The van der Waals surface area contributed by atoms with Crippen molar-refractivity contribution in [3.63, 3.8) is 0 Å². The lowest BCUT2D eigenvalue weighted by molar-refractivity contribution is -0.146. The van der Waals surface area contributed by atoms with Gasteiger partial charge in [0, 0.05) is 22.0 Å². The number of fused-ring (bicyclic) bond motifs is 6. The zero-order chi connectivity index (χ0) is 35.8. The van der Waals surface area contributed by atoms with Gasteiger partial charge in [0.1, 0.15) is 11.6 Å². The van der Waals surface area contributed by atoms with Gasteiger partial charge in [0.25, 0.3) is 0 Å². The van der Waals surface area contributed by atoms with Gasteiger partial charge in [-0.1, -0.05) is 80.4 Å². The minimum absolute atomic E-state index is 0.00183. The molecule has 2 aromatic carbocycles. The zero-order valence-electron chi connectivity index (χ0n) is 32.0. The molecule has 6 unspecified atom stereocenters. The number of hydrogen-bond donors (Lipinski definition) is 0. The van der Waals surface area contributed by atoms with Crippen molar-refractivity contribution in [2.45, 2.75) is 163 Å². The smallest absolute Gasteiger partial charge is 0.160 e. The first-order valence-corrected chi connectivity index (χ1v) is 19.3. The standard InChI is InChI=1S/C45H60O4/c1-26(2)32-21-30-13-15-38-42(7,36(30)23-34(32)28(5)46)17-11-19-44(38,9)40(48)25-41(49)45(10)20-12-18-43(8)37-24-35(29(6)47)33(27(3)4)22-31(37)14-16-39(43)45/h21-24,26-27,38-39H,11-20,25H2,1-10H3. The monoisotopic (exact) mass is 664 g/mol. The van der Waals surface area contributed by atoms with E-state index in [1.807, 2.05) is 0 Å². The van der Waals surface area contributed by atoms with Crippen LogP contribution in [0.15, 0.2) is 24.3 Å². The average Bonchev–Trinajstić information content (AvgIpc) is 3.03. The quantitative estimate of drug-likeness (QED) is 0.208. The van der Waals surface area contributed by atoms with Crippen LogP contribution in [0.1, 0.15) is 193 Å². The molecule has 0 saturated heterocycles. The number of carbonyl (C=O) groups is 4. The van der Waals surface area contributed by atoms with Crippen LogP contribution >= 0.6 is 0 Å². The summed E-state index contributed by atoms with van der Waals surface area (Å²) in [6, 6.07) is 8.91. The lowest BCUT2D eigenvalue weighted by Crippen LogP contribution is -2.55. The fourth-order valence-electron chi connectivity index (χ4n) is 11.9. The average molecular weight is 665 g/mol. The summed E-state index contributed by atoms with van der Waals surface area (Å²) in [7, 11) is 0. The van der Waals surface area contributed by atoms with Crippen LogP contribution in [0.5, 0.6) is 0 Å². The van der Waals surface area contributed by atoms with E-state index < -0.39 is 10.8 Å². The van der Waals surface area contributed by atoms with Gasteiger partial charge in [-0.05, 0) is 145 Å². The Morgan fingerprint density at radius 3 is 1.31 bits per heavy atom. The maximum Gasteiger partial charge on any atom is 0.160 e. The molecule has 0 aromatic heterocycles. The van der Waals surface area contributed by atoms with Gasteiger partial charge < -0.3 is 0 Å². The molecule has 49 heavy (non-hydrogen) atoms. The highest BCUT2D eigenvalue weighted by atomic mass is 16.2. The Morgan fingerprint density at radius 2 is 0.980 bits per heavy atom. The number of hydrogen-bond acceptors (Lipinski definition) is 4. The first-order valence-electron chi connectivity index (χ1n) is 19.3. The number of aryl methyl sites for hydroxylation is 2. The second-order valence-electron chi connectivity index (χ2n) is 18.2. The first kappa shape index (κ1) is 35.9. The largest absolute Gasteiger partial charge is 0.299 e. The summed E-state index contributed by atoms with van der Waals surface area (Å²) >= 11 is 0. The van der Waals surface area contributed by atoms with Gasteiger partial charge >= 0.3 is 0 Å². The number of carbonyl (C=O) groups excluding carboxylic acids is 4. The second kappa shape index (κ2) is 12.4. The molecule has 6 atom stereocenters. The van der Waals surface area contributed by atoms with Crippen LogP contribution in [0.4, 0.5) is 0 Å². The van der Waals surface area contributed by atoms with Crippen molar-refractivity contribution in [1.29, 1.82) is 0 Å². The highest BCUT2D eigenvalue weighted by molar-refractivity contribution is 6.04. The van der Waals surface area contributed by atoms with E-state index in [2.05, 4.69) is 79.7 Å². The van der Waals surface area contributed by atoms with Crippen molar-refractivity contribution in [3.8, 4) is 0 Å². The Hall–Kier alpha value is -2.88. The normalized spacial score (nSPS) is 32.2. The van der Waals surface area contributed by atoms with Gasteiger partial charge in [0.15, 0.2) is 11.6 Å². The van der Waals surface area contributed by atoms with Gasteiger partial charge in [-0.25, -0.2) is 0 Å². The molecule has 4 heteroatoms. The summed E-state index contributed by atoms with van der Waals surface area (Å²) in [5.74, 6) is 1.26. The van der Waals surface area contributed by atoms with Gasteiger partial charge in [-0.3, -0.25) is 19.2 Å². The molecule has 6 rings (SSSR count). The first-order chi connectivity index (χ1) is 22.9. The van der Waals surface area contributed by atoms with E-state index in [0.29, 0.717) is 0 Å². The summed E-state index contributed by atoms with van der Waals surface area (Å²) in [6.45, 7) is 20.9. The van der Waals surface area contributed by atoms with E-state index in [1.165, 1.54) is 22.3 Å². The summed E-state index contributed by atoms with van der Waals surface area (Å²) in [5.41, 5.74) is 7.51. The highest BCUT2D eigenvalue weighted by Gasteiger charge is 2.58. The summed E-state index contributed by atoms with van der Waals surface area (Å²) in [5, 5.41) is 0. The minimum atomic E-state index is -0.579. The molecule has 2 fully saturated rings. The molecule has 2 saturated carbocycles. The lowest BCUT2D eigenvalue weighted by atomic mass is 9.47. The number of ketones is 4. The van der Waals surface area contributed by atoms with Gasteiger partial charge in [-0.2, -0.15) is 0 Å². The van der Waals surface area contributed by atoms with Crippen LogP contribution in [-0.4, -0.2) is 23.1 Å². The zero-order valence-corrected chi connectivity index (χ0v) is 32.0. The summed E-state index contributed by atoms with van der Waals surface area (Å²) in [4.78, 5) is 55.0. The fraction of sp³-hybridized carbons (Fsp3) is 0.644. The van der Waals surface area contributed by atoms with Crippen molar-refractivity contribution in [2.75, 3.05) is 0 Å². The molecule has 0 aliphatic heterocycles. The van der Waals surface area contributed by atoms with Crippen LogP contribution in [0.25, 0.3) is 0 Å². The molecule has 2 aromatic rings. The molecule has 4 aliphatic carbocycles. The number of benzene rings is 2. The van der Waals surface area contributed by atoms with Crippen molar-refractivity contribution >= 4 is 23.1 Å². The van der Waals surface area contributed by atoms with Crippen molar-refractivity contribution in [3.05, 3.63) is 68.8 Å². The predicted molar refractivity (Wildman–Crippen MR) is 198 cm³/mol. The SMILES string of the molecule is CC(=O)c1cc2c(cc1C(C)C)CCC1C(C)(C(=O)CC(=O)C3(C)CCCC4(C)c5cc(C(C)=O)c(C(C)C)cc5CCC34)CCCC21C. The molecular formula is C45H60O4. The van der Waals surface area contributed by atoms with Crippen LogP contribution in [0.2, 0.25) is 0 Å². The molecule has 0 radical (unpaired) electrons. The highest BCUT2D eigenvalue weighted by Crippen LogP contribution is 2.61. The van der Waals surface area contributed by atoms with Crippen LogP contribution in [0, 0.1) is 22.7 Å². The van der Waals surface area contributed by atoms with Gasteiger partial charge in [-0.15, -0.1) is 0 Å². The molecule has 0 heterocycles. The maximum atomic E-state index is 14.7. The van der Waals surface area contributed by atoms with E-state index in [4.69, 9.17) is 0 Å². The third-order valence-corrected chi connectivity index (χ3v) is 14.6. The molecule has 0 spiro atoms. The Bertz CT molecular complexity index is 1600. The van der Waals surface area contributed by atoms with Crippen LogP contribution in [0.3, 0.4) is 0 Å². The van der Waals surface area contributed by atoms with E-state index in [9.17, 15) is 19.2 Å². The molecule has 4 nitrogen and oxygen atoms in total. The third-order valence-electron chi connectivity index (χ3n) is 14.6. The Kier molecular flexibility index (Phi) is 9.10. The van der Waals surface area contributed by atoms with Crippen molar-refractivity contribution in [2.24, 2.45) is 22.7 Å². The van der Waals surface area contributed by atoms with Crippen LogP contribution < -0.4 is 0 Å². The number of rotatable bonds is 8. The van der Waals surface area contributed by atoms with Crippen LogP contribution in [-0.2, 0) is 33.3 Å². The molecule has 264 valence electrons. The molecular weight excluding hydrogens is 604 g/mol. The molecule has 0 amide bonds. The lowest BCUT2D eigenvalue weighted by Gasteiger charge is -2.56. The number of Topliss-reactive ketones (excluding diaryl/α,β-unsaturated/α-hetero) is 4. The summed E-state index contributed by atoms with van der Waals surface area (Å²) < 4.78 is 0. The van der Waals surface area contributed by atoms with E-state index in [1.54, 1.807) is 13.8 Å². The van der Waals surface area contributed by atoms with E-state index in [0.717, 1.165) is 86.5 Å². The molecule has 0 N–H and O–H groups in total. The molecule has 4 aliphatic rings. The second-order valence-corrected chi connectivity index (χ2v) is 18.2.